The number of benzene rings is 3. The van der Waals surface area contributed by atoms with Crippen LogP contribution >= 0.6 is 0 Å². The van der Waals surface area contributed by atoms with Gasteiger partial charge in [0.25, 0.3) is 0 Å². The van der Waals surface area contributed by atoms with Gasteiger partial charge in [0.15, 0.2) is 0 Å². The second-order valence-electron chi connectivity index (χ2n) is 7.81. The van der Waals surface area contributed by atoms with Crippen molar-refractivity contribution in [3.8, 4) is 5.75 Å². The SMILES string of the molecule is CCc1ccc2c(c1)/C(=C\c1ccc(COc3ccccc3)cc1)C(C)=C2CC(=O)O. The maximum Gasteiger partial charge on any atom is 0.307 e. The van der Waals surface area contributed by atoms with Crippen LogP contribution in [0.5, 0.6) is 5.75 Å². The zero-order valence-electron chi connectivity index (χ0n) is 17.9. The second kappa shape index (κ2) is 9.05. The van der Waals surface area contributed by atoms with Gasteiger partial charge in [0.2, 0.25) is 0 Å². The summed E-state index contributed by atoms with van der Waals surface area (Å²) in [4.78, 5) is 11.4. The van der Waals surface area contributed by atoms with E-state index in [1.165, 1.54) is 5.56 Å². The first-order valence-corrected chi connectivity index (χ1v) is 10.6. The van der Waals surface area contributed by atoms with Gasteiger partial charge in [-0.15, -0.1) is 0 Å². The third-order valence-electron chi connectivity index (χ3n) is 5.73. The van der Waals surface area contributed by atoms with Crippen LogP contribution in [0, 0.1) is 0 Å². The van der Waals surface area contributed by atoms with Gasteiger partial charge in [-0.25, -0.2) is 0 Å². The summed E-state index contributed by atoms with van der Waals surface area (Å²) in [5.41, 5.74) is 8.66. The molecule has 0 unspecified atom stereocenters. The topological polar surface area (TPSA) is 46.5 Å². The van der Waals surface area contributed by atoms with Gasteiger partial charge in [-0.05, 0) is 76.1 Å². The number of aryl methyl sites for hydroxylation is 1. The number of carboxylic acid groups (broad SMARTS) is 1. The van der Waals surface area contributed by atoms with Gasteiger partial charge in [0, 0.05) is 0 Å². The number of carboxylic acids is 1. The molecule has 0 amide bonds. The highest BCUT2D eigenvalue weighted by molar-refractivity contribution is 6.07. The summed E-state index contributed by atoms with van der Waals surface area (Å²) >= 11 is 0. The van der Waals surface area contributed by atoms with Gasteiger partial charge in [-0.1, -0.05) is 67.6 Å². The molecule has 156 valence electrons. The maximum atomic E-state index is 11.4. The summed E-state index contributed by atoms with van der Waals surface area (Å²) < 4.78 is 5.83. The molecular formula is C28H26O3. The number of carbonyl (C=O) groups is 1. The first-order valence-electron chi connectivity index (χ1n) is 10.6. The Morgan fingerprint density at radius 2 is 1.65 bits per heavy atom. The Morgan fingerprint density at radius 1 is 0.935 bits per heavy atom. The summed E-state index contributed by atoms with van der Waals surface area (Å²) in [6.45, 7) is 4.68. The molecule has 3 aromatic rings. The number of allylic oxidation sites excluding steroid dienone is 2. The molecule has 0 aliphatic heterocycles. The quantitative estimate of drug-likeness (QED) is 0.475. The fourth-order valence-corrected chi connectivity index (χ4v) is 3.99. The van der Waals surface area contributed by atoms with Crippen molar-refractivity contribution in [1.29, 1.82) is 0 Å². The van der Waals surface area contributed by atoms with Crippen LogP contribution < -0.4 is 4.74 Å². The van der Waals surface area contributed by atoms with Crippen LogP contribution in [0.1, 0.15) is 48.1 Å². The van der Waals surface area contributed by atoms with Crippen molar-refractivity contribution < 1.29 is 14.6 Å². The predicted octanol–water partition coefficient (Wildman–Crippen LogP) is 6.63. The molecule has 0 saturated heterocycles. The highest BCUT2D eigenvalue weighted by Gasteiger charge is 2.25. The smallest absolute Gasteiger partial charge is 0.307 e. The lowest BCUT2D eigenvalue weighted by molar-refractivity contribution is -0.135. The van der Waals surface area contributed by atoms with Crippen LogP contribution in [-0.4, -0.2) is 11.1 Å². The highest BCUT2D eigenvalue weighted by atomic mass is 16.5. The van der Waals surface area contributed by atoms with Crippen LogP contribution in [0.4, 0.5) is 0 Å². The molecule has 1 aliphatic carbocycles. The van der Waals surface area contributed by atoms with E-state index in [0.29, 0.717) is 6.61 Å². The normalized spacial score (nSPS) is 14.1. The van der Waals surface area contributed by atoms with Crippen LogP contribution in [-0.2, 0) is 17.8 Å². The highest BCUT2D eigenvalue weighted by Crippen LogP contribution is 2.44. The van der Waals surface area contributed by atoms with Crippen molar-refractivity contribution in [2.24, 2.45) is 0 Å². The van der Waals surface area contributed by atoms with Gasteiger partial charge in [0.05, 0.1) is 6.42 Å². The molecule has 4 rings (SSSR count). The lowest BCUT2D eigenvalue weighted by Gasteiger charge is -2.08. The van der Waals surface area contributed by atoms with E-state index in [1.54, 1.807) is 0 Å². The Hall–Kier alpha value is -3.59. The monoisotopic (exact) mass is 410 g/mol. The number of hydrogen-bond donors (Lipinski definition) is 1. The zero-order valence-corrected chi connectivity index (χ0v) is 17.9. The zero-order chi connectivity index (χ0) is 21.8. The fourth-order valence-electron chi connectivity index (χ4n) is 3.99. The first kappa shape index (κ1) is 20.7. The Kier molecular flexibility index (Phi) is 6.03. The molecular weight excluding hydrogens is 384 g/mol. The van der Waals surface area contributed by atoms with Crippen molar-refractivity contribution in [1.82, 2.24) is 0 Å². The maximum absolute atomic E-state index is 11.4. The largest absolute Gasteiger partial charge is 0.489 e. The number of aliphatic carboxylic acids is 1. The van der Waals surface area contributed by atoms with E-state index in [4.69, 9.17) is 4.74 Å². The molecule has 0 radical (unpaired) electrons. The molecule has 0 spiro atoms. The number of fused-ring (bicyclic) bond motifs is 1. The molecule has 1 aliphatic rings. The van der Waals surface area contributed by atoms with Crippen LogP contribution in [0.25, 0.3) is 17.2 Å². The van der Waals surface area contributed by atoms with Gasteiger partial charge >= 0.3 is 5.97 Å². The summed E-state index contributed by atoms with van der Waals surface area (Å²) in [5, 5.41) is 9.39. The van der Waals surface area contributed by atoms with Crippen molar-refractivity contribution in [2.75, 3.05) is 0 Å². The van der Waals surface area contributed by atoms with Crippen molar-refractivity contribution in [3.63, 3.8) is 0 Å². The molecule has 3 nitrogen and oxygen atoms in total. The molecule has 31 heavy (non-hydrogen) atoms. The summed E-state index contributed by atoms with van der Waals surface area (Å²) in [7, 11) is 0. The van der Waals surface area contributed by atoms with E-state index < -0.39 is 5.97 Å². The molecule has 0 aromatic heterocycles. The van der Waals surface area contributed by atoms with Crippen molar-refractivity contribution >= 4 is 23.2 Å². The minimum absolute atomic E-state index is 0.0391. The second-order valence-corrected chi connectivity index (χ2v) is 7.81. The first-order chi connectivity index (χ1) is 15.0. The number of hydrogen-bond acceptors (Lipinski definition) is 2. The van der Waals surface area contributed by atoms with Crippen LogP contribution in [0.2, 0.25) is 0 Å². The summed E-state index contributed by atoms with van der Waals surface area (Å²) in [5.74, 6) is 0.0543. The molecule has 3 aromatic carbocycles. The standard InChI is InChI=1S/C28H26O3/c1-3-20-13-14-24-26(17-28(29)30)19(2)25(27(24)15-20)16-21-9-11-22(12-10-21)18-31-23-7-5-4-6-8-23/h4-16H,3,17-18H2,1-2H3,(H,29,30)/b25-16-. The summed E-state index contributed by atoms with van der Waals surface area (Å²) in [6.07, 6.45) is 3.14. The minimum Gasteiger partial charge on any atom is -0.489 e. The molecule has 0 heterocycles. The molecule has 0 fully saturated rings. The van der Waals surface area contributed by atoms with Crippen molar-refractivity contribution in [2.45, 2.75) is 33.3 Å². The fraction of sp³-hybridized carbons (Fsp3) is 0.179. The Labute approximate surface area is 183 Å². The number of rotatable bonds is 7. The predicted molar refractivity (Wildman–Crippen MR) is 126 cm³/mol. The molecule has 0 atom stereocenters. The molecule has 0 saturated carbocycles. The van der Waals surface area contributed by atoms with Crippen LogP contribution in [0.3, 0.4) is 0 Å². The van der Waals surface area contributed by atoms with E-state index in [2.05, 4.69) is 55.5 Å². The van der Waals surface area contributed by atoms with E-state index in [1.807, 2.05) is 37.3 Å². The van der Waals surface area contributed by atoms with Crippen LogP contribution in [0.15, 0.2) is 78.4 Å². The van der Waals surface area contributed by atoms with E-state index in [0.717, 1.165) is 51.1 Å². The number of para-hydroxylation sites is 1. The molecule has 0 bridgehead atoms. The lowest BCUT2D eigenvalue weighted by atomic mass is 9.97. The average molecular weight is 411 g/mol. The van der Waals surface area contributed by atoms with E-state index in [9.17, 15) is 9.90 Å². The Morgan fingerprint density at radius 3 is 2.32 bits per heavy atom. The molecule has 1 N–H and O–H groups in total. The number of ether oxygens (including phenoxy) is 1. The third kappa shape index (κ3) is 4.61. The average Bonchev–Trinajstić information content (AvgIpc) is 3.04. The summed E-state index contributed by atoms with van der Waals surface area (Å²) in [6, 6.07) is 24.5. The van der Waals surface area contributed by atoms with Gasteiger partial charge < -0.3 is 9.84 Å². The van der Waals surface area contributed by atoms with Crippen molar-refractivity contribution in [3.05, 3.63) is 106 Å². The van der Waals surface area contributed by atoms with Gasteiger partial charge in [0.1, 0.15) is 12.4 Å². The van der Waals surface area contributed by atoms with Gasteiger partial charge in [-0.2, -0.15) is 0 Å². The molecule has 3 heteroatoms. The van der Waals surface area contributed by atoms with Gasteiger partial charge in [-0.3, -0.25) is 4.79 Å². The lowest BCUT2D eigenvalue weighted by Crippen LogP contribution is -1.97. The Bertz CT molecular complexity index is 1150. The third-order valence-corrected chi connectivity index (χ3v) is 5.73. The van der Waals surface area contributed by atoms with E-state index in [-0.39, 0.29) is 6.42 Å². The Balaban J connectivity index is 1.61. The minimum atomic E-state index is -0.802. The van der Waals surface area contributed by atoms with E-state index >= 15 is 0 Å².